The number of amides is 2. The Morgan fingerprint density at radius 1 is 0.868 bits per heavy atom. The van der Waals surface area contributed by atoms with Crippen LogP contribution < -0.4 is 5.32 Å². The van der Waals surface area contributed by atoms with Gasteiger partial charge in [0.25, 0.3) is 0 Å². The van der Waals surface area contributed by atoms with Crippen LogP contribution in [-0.4, -0.2) is 22.1 Å². The Bertz CT molecular complexity index is 1270. The molecule has 2 N–H and O–H groups in total. The third-order valence-electron chi connectivity index (χ3n) is 7.78. The normalized spacial score (nSPS) is 13.9. The number of hydrogen-bond acceptors (Lipinski definition) is 2. The fourth-order valence-electron chi connectivity index (χ4n) is 5.80. The van der Waals surface area contributed by atoms with Crippen molar-refractivity contribution in [1.29, 1.82) is 0 Å². The summed E-state index contributed by atoms with van der Waals surface area (Å²) in [5.74, 6) is 0.365. The van der Waals surface area contributed by atoms with E-state index >= 15 is 0 Å². The summed E-state index contributed by atoms with van der Waals surface area (Å²) in [4.78, 5) is 16.0. The number of phenolic OH excluding ortho intramolecular Hbond substituents is 1. The van der Waals surface area contributed by atoms with Crippen LogP contribution in [0.1, 0.15) is 86.1 Å². The second-order valence-electron chi connectivity index (χ2n) is 13.2. The molecule has 0 unspecified atom stereocenters. The molecule has 0 atom stereocenters. The highest BCUT2D eigenvalue weighted by Crippen LogP contribution is 2.40. The predicted octanol–water partition coefficient (Wildman–Crippen LogP) is 8.11. The Morgan fingerprint density at radius 2 is 1.34 bits per heavy atom. The minimum atomic E-state index is -0.229. The van der Waals surface area contributed by atoms with E-state index in [9.17, 15) is 9.90 Å². The van der Waals surface area contributed by atoms with Crippen LogP contribution in [0.15, 0.2) is 48.5 Å². The number of nitrogens with one attached hydrogen (secondary N) is 1. The van der Waals surface area contributed by atoms with Gasteiger partial charge in [-0.2, -0.15) is 0 Å². The van der Waals surface area contributed by atoms with E-state index in [0.29, 0.717) is 12.3 Å². The number of rotatable bonds is 4. The first-order valence-corrected chi connectivity index (χ1v) is 13.7. The number of hydrogen-bond donors (Lipinski definition) is 2. The van der Waals surface area contributed by atoms with Crippen LogP contribution in [0.4, 0.5) is 10.5 Å². The Labute approximate surface area is 229 Å². The number of nitrogens with zero attached hydrogens (tertiary/aromatic N) is 1. The molecule has 0 spiro atoms. The maximum Gasteiger partial charge on any atom is 0.322 e. The lowest BCUT2D eigenvalue weighted by Crippen LogP contribution is -2.43. The van der Waals surface area contributed by atoms with Crippen LogP contribution in [0.5, 0.6) is 5.75 Å². The van der Waals surface area contributed by atoms with Crippen molar-refractivity contribution < 1.29 is 9.90 Å². The fourth-order valence-corrected chi connectivity index (χ4v) is 5.80. The number of urea groups is 1. The minimum absolute atomic E-state index is 0.0587. The van der Waals surface area contributed by atoms with Gasteiger partial charge in [-0.3, -0.25) is 0 Å². The number of carbonyl (C=O) groups is 1. The standard InChI is InChI=1S/C34H44N2O2/c1-21-14-22(2)30(23(3)15-21)35-32(38)36(27-18-25-12-10-11-13-26(25)19-27)20-24-16-28(33(4,5)6)31(37)29(17-24)34(7,8)9/h10-17,27,37H,18-20H2,1-9H3,(H,35,38). The summed E-state index contributed by atoms with van der Waals surface area (Å²) in [5, 5.41) is 14.5. The number of phenols is 1. The molecular weight excluding hydrogens is 468 g/mol. The quantitative estimate of drug-likeness (QED) is 0.371. The van der Waals surface area contributed by atoms with Crippen LogP contribution in [0, 0.1) is 20.8 Å². The number of aryl methyl sites for hydroxylation is 3. The molecule has 2 amide bonds. The first-order valence-electron chi connectivity index (χ1n) is 13.7. The Morgan fingerprint density at radius 3 is 1.79 bits per heavy atom. The van der Waals surface area contributed by atoms with Crippen molar-refractivity contribution in [3.8, 4) is 5.75 Å². The average molecular weight is 513 g/mol. The largest absolute Gasteiger partial charge is 0.507 e. The summed E-state index contributed by atoms with van der Waals surface area (Å²) in [6.07, 6.45) is 1.68. The molecule has 0 radical (unpaired) electrons. The second-order valence-corrected chi connectivity index (χ2v) is 13.2. The maximum absolute atomic E-state index is 14.0. The summed E-state index contributed by atoms with van der Waals surface area (Å²) in [6, 6.07) is 16.9. The van der Waals surface area contributed by atoms with Gasteiger partial charge in [-0.05, 0) is 95.5 Å². The predicted molar refractivity (Wildman–Crippen MR) is 158 cm³/mol. The molecule has 0 aliphatic heterocycles. The summed E-state index contributed by atoms with van der Waals surface area (Å²) < 4.78 is 0. The average Bonchev–Trinajstić information content (AvgIpc) is 3.22. The highest BCUT2D eigenvalue weighted by molar-refractivity contribution is 5.91. The first kappa shape index (κ1) is 27.8. The van der Waals surface area contributed by atoms with Gasteiger partial charge in [0.1, 0.15) is 5.75 Å². The summed E-state index contributed by atoms with van der Waals surface area (Å²) in [6.45, 7) is 19.4. The lowest BCUT2D eigenvalue weighted by Gasteiger charge is -2.32. The molecule has 0 aromatic heterocycles. The molecule has 1 aliphatic carbocycles. The third kappa shape index (κ3) is 5.75. The van der Waals surface area contributed by atoms with Crippen LogP contribution in [0.25, 0.3) is 0 Å². The Balaban J connectivity index is 1.76. The van der Waals surface area contributed by atoms with E-state index in [4.69, 9.17) is 0 Å². The zero-order chi connectivity index (χ0) is 28.0. The van der Waals surface area contributed by atoms with Crippen LogP contribution >= 0.6 is 0 Å². The van der Waals surface area contributed by atoms with Crippen molar-refractivity contribution in [2.75, 3.05) is 5.32 Å². The van der Waals surface area contributed by atoms with Crippen molar-refractivity contribution in [3.63, 3.8) is 0 Å². The summed E-state index contributed by atoms with van der Waals surface area (Å²) >= 11 is 0. The van der Waals surface area contributed by atoms with Crippen molar-refractivity contribution in [2.24, 2.45) is 0 Å². The molecule has 3 aromatic rings. The topological polar surface area (TPSA) is 52.6 Å². The fraction of sp³-hybridized carbons (Fsp3) is 0.441. The molecule has 38 heavy (non-hydrogen) atoms. The number of fused-ring (bicyclic) bond motifs is 1. The highest BCUT2D eigenvalue weighted by atomic mass is 16.3. The summed E-state index contributed by atoms with van der Waals surface area (Å²) in [5.41, 5.74) is 9.26. The Kier molecular flexibility index (Phi) is 7.40. The zero-order valence-electron chi connectivity index (χ0n) is 24.6. The van der Waals surface area contributed by atoms with E-state index in [1.165, 1.54) is 16.7 Å². The molecular formula is C34H44N2O2. The SMILES string of the molecule is Cc1cc(C)c(NC(=O)N(Cc2cc(C(C)(C)C)c(O)c(C(C)(C)C)c2)C2Cc3ccccc3C2)c(C)c1. The monoisotopic (exact) mass is 512 g/mol. The van der Waals surface area contributed by atoms with Crippen LogP contribution in [0.3, 0.4) is 0 Å². The van der Waals surface area contributed by atoms with Gasteiger partial charge in [0.2, 0.25) is 0 Å². The van der Waals surface area contributed by atoms with Crippen molar-refractivity contribution in [1.82, 2.24) is 4.90 Å². The van der Waals surface area contributed by atoms with Gasteiger partial charge in [-0.15, -0.1) is 0 Å². The van der Waals surface area contributed by atoms with Crippen LogP contribution in [0.2, 0.25) is 0 Å². The molecule has 3 aromatic carbocycles. The van der Waals surface area contributed by atoms with Crippen molar-refractivity contribution in [2.45, 2.75) is 98.6 Å². The van der Waals surface area contributed by atoms with E-state index < -0.39 is 0 Å². The van der Waals surface area contributed by atoms with Gasteiger partial charge in [0.15, 0.2) is 0 Å². The van der Waals surface area contributed by atoms with E-state index in [0.717, 1.165) is 46.3 Å². The molecule has 4 rings (SSSR count). The number of aromatic hydroxyl groups is 1. The first-order chi connectivity index (χ1) is 17.6. The number of carbonyl (C=O) groups excluding carboxylic acids is 1. The molecule has 0 bridgehead atoms. The van der Waals surface area contributed by atoms with Gasteiger partial charge in [0, 0.05) is 18.3 Å². The highest BCUT2D eigenvalue weighted by Gasteiger charge is 2.32. The summed E-state index contributed by atoms with van der Waals surface area (Å²) in [7, 11) is 0. The molecule has 0 saturated carbocycles. The van der Waals surface area contributed by atoms with Gasteiger partial charge >= 0.3 is 6.03 Å². The number of anilines is 1. The lowest BCUT2D eigenvalue weighted by molar-refractivity contribution is 0.185. The maximum atomic E-state index is 14.0. The third-order valence-corrected chi connectivity index (χ3v) is 7.78. The van der Waals surface area contributed by atoms with Crippen molar-refractivity contribution in [3.05, 3.63) is 93.0 Å². The van der Waals surface area contributed by atoms with Gasteiger partial charge in [-0.1, -0.05) is 83.5 Å². The van der Waals surface area contributed by atoms with Gasteiger partial charge in [0.05, 0.1) is 0 Å². The van der Waals surface area contributed by atoms with E-state index in [2.05, 4.69) is 116 Å². The lowest BCUT2D eigenvalue weighted by atomic mass is 9.78. The molecule has 0 heterocycles. The van der Waals surface area contributed by atoms with Gasteiger partial charge in [-0.25, -0.2) is 4.79 Å². The second kappa shape index (κ2) is 10.1. The Hall–Kier alpha value is -3.27. The molecule has 0 saturated heterocycles. The van der Waals surface area contributed by atoms with Crippen LogP contribution in [-0.2, 0) is 30.2 Å². The minimum Gasteiger partial charge on any atom is -0.507 e. The molecule has 0 fully saturated rings. The smallest absolute Gasteiger partial charge is 0.322 e. The molecule has 4 nitrogen and oxygen atoms in total. The van der Waals surface area contributed by atoms with Crippen molar-refractivity contribution >= 4 is 11.7 Å². The van der Waals surface area contributed by atoms with E-state index in [1.807, 2.05) is 4.90 Å². The van der Waals surface area contributed by atoms with E-state index in [-0.39, 0.29) is 22.9 Å². The zero-order valence-corrected chi connectivity index (χ0v) is 24.6. The van der Waals surface area contributed by atoms with E-state index in [1.54, 1.807) is 0 Å². The van der Waals surface area contributed by atoms with Gasteiger partial charge < -0.3 is 15.3 Å². The molecule has 4 heteroatoms. The molecule has 1 aliphatic rings. The number of benzene rings is 3. The molecule has 202 valence electrons.